The Morgan fingerprint density at radius 1 is 1.32 bits per heavy atom. The van der Waals surface area contributed by atoms with E-state index in [9.17, 15) is 18.8 Å². The van der Waals surface area contributed by atoms with Crippen LogP contribution in [-0.2, 0) is 14.4 Å². The van der Waals surface area contributed by atoms with Gasteiger partial charge in [-0.25, -0.2) is 4.39 Å². The molecule has 3 amide bonds. The van der Waals surface area contributed by atoms with E-state index < -0.39 is 5.82 Å². The summed E-state index contributed by atoms with van der Waals surface area (Å²) in [4.78, 5) is 36.3. The minimum Gasteiger partial charge on any atom is -0.351 e. The summed E-state index contributed by atoms with van der Waals surface area (Å²) in [5.41, 5.74) is 0.355. The van der Waals surface area contributed by atoms with Gasteiger partial charge >= 0.3 is 0 Å². The fourth-order valence-electron chi connectivity index (χ4n) is 2.28. The second-order valence-corrected chi connectivity index (χ2v) is 5.30. The largest absolute Gasteiger partial charge is 0.351 e. The summed E-state index contributed by atoms with van der Waals surface area (Å²) >= 11 is 0. The number of amides is 3. The van der Waals surface area contributed by atoms with Gasteiger partial charge in [-0.2, -0.15) is 0 Å². The number of anilines is 1. The highest BCUT2D eigenvalue weighted by Crippen LogP contribution is 2.11. The number of rotatable bonds is 5. The third-order valence-electron chi connectivity index (χ3n) is 3.39. The molecule has 1 atom stereocenters. The van der Waals surface area contributed by atoms with Gasteiger partial charge in [0.1, 0.15) is 5.82 Å². The molecule has 0 aliphatic carbocycles. The lowest BCUT2D eigenvalue weighted by molar-refractivity contribution is -0.126. The molecule has 1 aromatic rings. The van der Waals surface area contributed by atoms with Crippen molar-refractivity contribution in [2.75, 3.05) is 18.9 Å². The molecule has 1 heterocycles. The van der Waals surface area contributed by atoms with E-state index in [0.717, 1.165) is 0 Å². The molecule has 1 fully saturated rings. The number of nitrogens with zero attached hydrogens (tertiary/aromatic N) is 1. The summed E-state index contributed by atoms with van der Waals surface area (Å²) in [7, 11) is 1.68. The molecule has 22 heavy (non-hydrogen) atoms. The normalized spacial score (nSPS) is 17.5. The number of halogens is 1. The molecule has 1 aliphatic heterocycles. The topological polar surface area (TPSA) is 78.5 Å². The molecule has 0 radical (unpaired) electrons. The first-order valence-electron chi connectivity index (χ1n) is 7.03. The number of nitrogens with one attached hydrogen (secondary N) is 2. The van der Waals surface area contributed by atoms with Gasteiger partial charge in [-0.15, -0.1) is 0 Å². The SMILES string of the molecule is CN1CC(NC(=O)CCC(=O)Nc2cccc(F)c2)CC1=O. The zero-order valence-electron chi connectivity index (χ0n) is 12.3. The maximum atomic E-state index is 13.0. The van der Waals surface area contributed by atoms with Crippen LogP contribution >= 0.6 is 0 Å². The maximum absolute atomic E-state index is 13.0. The summed E-state index contributed by atoms with van der Waals surface area (Å²) in [6, 6.07) is 5.35. The molecule has 1 aliphatic rings. The zero-order valence-corrected chi connectivity index (χ0v) is 12.3. The Morgan fingerprint density at radius 3 is 2.68 bits per heavy atom. The van der Waals surface area contributed by atoms with Crippen molar-refractivity contribution in [2.24, 2.45) is 0 Å². The van der Waals surface area contributed by atoms with Crippen molar-refractivity contribution in [3.63, 3.8) is 0 Å². The molecule has 2 N–H and O–H groups in total. The lowest BCUT2D eigenvalue weighted by Gasteiger charge is -2.12. The predicted octanol–water partition coefficient (Wildman–Crippen LogP) is 0.891. The Kier molecular flexibility index (Phi) is 5.08. The lowest BCUT2D eigenvalue weighted by atomic mass is 10.2. The first kappa shape index (κ1) is 15.9. The van der Waals surface area contributed by atoms with E-state index in [0.29, 0.717) is 12.2 Å². The third-order valence-corrected chi connectivity index (χ3v) is 3.39. The smallest absolute Gasteiger partial charge is 0.224 e. The fourth-order valence-corrected chi connectivity index (χ4v) is 2.28. The van der Waals surface area contributed by atoms with Crippen LogP contribution in [0.5, 0.6) is 0 Å². The number of likely N-dealkylation sites (N-methyl/N-ethyl adjacent to an activating group) is 1. The molecular weight excluding hydrogens is 289 g/mol. The minimum atomic E-state index is -0.439. The molecule has 1 aromatic carbocycles. The number of benzene rings is 1. The van der Waals surface area contributed by atoms with Gasteiger partial charge in [-0.1, -0.05) is 6.07 Å². The first-order chi connectivity index (χ1) is 10.4. The van der Waals surface area contributed by atoms with Crippen molar-refractivity contribution < 1.29 is 18.8 Å². The highest BCUT2D eigenvalue weighted by molar-refractivity contribution is 5.93. The standard InChI is InChI=1S/C15H18FN3O3/c1-19-9-12(8-15(19)22)18-14(21)6-5-13(20)17-11-4-2-3-10(16)7-11/h2-4,7,12H,5-6,8-9H2,1H3,(H,17,20)(H,18,21). The molecule has 118 valence electrons. The second kappa shape index (κ2) is 7.02. The van der Waals surface area contributed by atoms with E-state index in [1.807, 2.05) is 0 Å². The van der Waals surface area contributed by atoms with Gasteiger partial charge in [0.15, 0.2) is 0 Å². The van der Waals surface area contributed by atoms with Gasteiger partial charge in [0, 0.05) is 38.5 Å². The van der Waals surface area contributed by atoms with Crippen molar-refractivity contribution in [1.29, 1.82) is 0 Å². The van der Waals surface area contributed by atoms with E-state index in [4.69, 9.17) is 0 Å². The van der Waals surface area contributed by atoms with Gasteiger partial charge in [0.25, 0.3) is 0 Å². The number of likely N-dealkylation sites (tertiary alicyclic amines) is 1. The van der Waals surface area contributed by atoms with E-state index in [2.05, 4.69) is 10.6 Å². The molecule has 1 saturated heterocycles. The molecular formula is C15H18FN3O3. The van der Waals surface area contributed by atoms with Crippen molar-refractivity contribution in [1.82, 2.24) is 10.2 Å². The van der Waals surface area contributed by atoms with Crippen LogP contribution in [0.2, 0.25) is 0 Å². The van der Waals surface area contributed by atoms with Gasteiger partial charge in [0.05, 0.1) is 6.04 Å². The Balaban J connectivity index is 1.72. The average Bonchev–Trinajstić information content (AvgIpc) is 2.75. The average molecular weight is 307 g/mol. The minimum absolute atomic E-state index is 0.00114. The molecule has 1 unspecified atom stereocenters. The first-order valence-corrected chi connectivity index (χ1v) is 7.03. The highest BCUT2D eigenvalue weighted by atomic mass is 19.1. The summed E-state index contributed by atoms with van der Waals surface area (Å²) < 4.78 is 13.0. The number of carbonyl (C=O) groups excluding carboxylic acids is 3. The van der Waals surface area contributed by atoms with E-state index in [1.165, 1.54) is 18.2 Å². The molecule has 6 nitrogen and oxygen atoms in total. The summed E-state index contributed by atoms with van der Waals surface area (Å²) in [6.45, 7) is 0.486. The molecule has 0 spiro atoms. The predicted molar refractivity (Wildman–Crippen MR) is 78.4 cm³/mol. The number of carbonyl (C=O) groups is 3. The van der Waals surface area contributed by atoms with Gasteiger partial charge < -0.3 is 15.5 Å². The molecule has 7 heteroatoms. The third kappa shape index (κ3) is 4.54. The molecule has 0 bridgehead atoms. The Morgan fingerprint density at radius 2 is 2.05 bits per heavy atom. The number of hydrogen-bond acceptors (Lipinski definition) is 3. The van der Waals surface area contributed by atoms with Crippen LogP contribution in [0.3, 0.4) is 0 Å². The van der Waals surface area contributed by atoms with Crippen molar-refractivity contribution in [3.8, 4) is 0 Å². The van der Waals surface area contributed by atoms with Crippen molar-refractivity contribution in [2.45, 2.75) is 25.3 Å². The van der Waals surface area contributed by atoms with Crippen LogP contribution in [0.4, 0.5) is 10.1 Å². The second-order valence-electron chi connectivity index (χ2n) is 5.30. The summed E-state index contributed by atoms with van der Waals surface area (Å²) in [5.74, 6) is -1.08. The van der Waals surface area contributed by atoms with Crippen LogP contribution in [0.1, 0.15) is 19.3 Å². The summed E-state index contributed by atoms with van der Waals surface area (Å²) in [5, 5.41) is 5.25. The van der Waals surface area contributed by atoms with Crippen molar-refractivity contribution in [3.05, 3.63) is 30.1 Å². The Labute approximate surface area is 127 Å². The molecule has 0 saturated carbocycles. The lowest BCUT2D eigenvalue weighted by Crippen LogP contribution is -2.36. The van der Waals surface area contributed by atoms with Crippen molar-refractivity contribution >= 4 is 23.4 Å². The van der Waals surface area contributed by atoms with Gasteiger partial charge in [-0.05, 0) is 18.2 Å². The monoisotopic (exact) mass is 307 g/mol. The highest BCUT2D eigenvalue weighted by Gasteiger charge is 2.27. The quantitative estimate of drug-likeness (QED) is 0.848. The summed E-state index contributed by atoms with van der Waals surface area (Å²) in [6.07, 6.45) is 0.312. The molecule has 2 rings (SSSR count). The van der Waals surface area contributed by atoms with Gasteiger partial charge in [0.2, 0.25) is 17.7 Å². The van der Waals surface area contributed by atoms with Crippen LogP contribution in [-0.4, -0.2) is 42.3 Å². The van der Waals surface area contributed by atoms with E-state index in [1.54, 1.807) is 18.0 Å². The Bertz CT molecular complexity index is 591. The van der Waals surface area contributed by atoms with Crippen LogP contribution < -0.4 is 10.6 Å². The van der Waals surface area contributed by atoms with Crippen LogP contribution in [0.25, 0.3) is 0 Å². The van der Waals surface area contributed by atoms with Crippen LogP contribution in [0, 0.1) is 5.82 Å². The van der Waals surface area contributed by atoms with Gasteiger partial charge in [-0.3, -0.25) is 14.4 Å². The maximum Gasteiger partial charge on any atom is 0.224 e. The Hall–Kier alpha value is -2.44. The number of hydrogen-bond donors (Lipinski definition) is 2. The fraction of sp³-hybridized carbons (Fsp3) is 0.400. The van der Waals surface area contributed by atoms with Crippen LogP contribution in [0.15, 0.2) is 24.3 Å². The zero-order chi connectivity index (χ0) is 16.1. The molecule has 0 aromatic heterocycles. The van der Waals surface area contributed by atoms with E-state index >= 15 is 0 Å². The van der Waals surface area contributed by atoms with E-state index in [-0.39, 0.29) is 43.0 Å².